The molecule has 2 N–H and O–H groups in total. The van der Waals surface area contributed by atoms with Gasteiger partial charge in [-0.2, -0.15) is 0 Å². The maximum Gasteiger partial charge on any atom is 0.0106 e. The summed E-state index contributed by atoms with van der Waals surface area (Å²) < 4.78 is 2.07. The van der Waals surface area contributed by atoms with Gasteiger partial charge < -0.3 is 10.3 Å². The molecule has 0 spiro atoms. The molecule has 1 heterocycles. The summed E-state index contributed by atoms with van der Waals surface area (Å²) in [7, 11) is 2.03. The van der Waals surface area contributed by atoms with Crippen molar-refractivity contribution in [3.63, 3.8) is 0 Å². The normalized spacial score (nSPS) is 10.3. The highest BCUT2D eigenvalue weighted by Crippen LogP contribution is 2.07. The molecule has 56 valence electrons. The van der Waals surface area contributed by atoms with Gasteiger partial charge in [0.2, 0.25) is 0 Å². The second-order valence-electron chi connectivity index (χ2n) is 2.67. The van der Waals surface area contributed by atoms with E-state index in [1.807, 2.05) is 7.05 Å². The van der Waals surface area contributed by atoms with Gasteiger partial charge >= 0.3 is 0 Å². The van der Waals surface area contributed by atoms with E-state index in [-0.39, 0.29) is 0 Å². The van der Waals surface area contributed by atoms with Crippen LogP contribution in [0.2, 0.25) is 0 Å². The van der Waals surface area contributed by atoms with Gasteiger partial charge in [0.05, 0.1) is 0 Å². The lowest BCUT2D eigenvalue weighted by molar-refractivity contribution is 0.907. The Morgan fingerprint density at radius 3 is 2.60 bits per heavy atom. The van der Waals surface area contributed by atoms with E-state index in [9.17, 15) is 0 Å². The van der Waals surface area contributed by atoms with Crippen molar-refractivity contribution < 1.29 is 0 Å². The molecule has 0 atom stereocenters. The van der Waals surface area contributed by atoms with Crippen molar-refractivity contribution in [2.45, 2.75) is 13.3 Å². The summed E-state index contributed by atoms with van der Waals surface area (Å²) in [6.45, 7) is 2.86. The lowest BCUT2D eigenvalue weighted by Crippen LogP contribution is -2.02. The van der Waals surface area contributed by atoms with Gasteiger partial charge in [-0.25, -0.2) is 0 Å². The predicted octanol–water partition coefficient (Wildman–Crippen LogP) is 0.835. The minimum Gasteiger partial charge on any atom is -0.357 e. The zero-order chi connectivity index (χ0) is 7.56. The lowest BCUT2D eigenvalue weighted by Gasteiger charge is -1.92. The van der Waals surface area contributed by atoms with Gasteiger partial charge in [0.25, 0.3) is 0 Å². The molecule has 2 nitrogen and oxygen atoms in total. The van der Waals surface area contributed by atoms with Gasteiger partial charge in [-0.15, -0.1) is 0 Å². The average Bonchev–Trinajstić information content (AvgIpc) is 2.13. The molecule has 1 aromatic heterocycles. The van der Waals surface area contributed by atoms with Crippen LogP contribution < -0.4 is 5.73 Å². The van der Waals surface area contributed by atoms with Crippen molar-refractivity contribution in [2.75, 3.05) is 6.54 Å². The highest BCUT2D eigenvalue weighted by atomic mass is 14.9. The molecule has 0 saturated heterocycles. The lowest BCUT2D eigenvalue weighted by atomic mass is 10.2. The van der Waals surface area contributed by atoms with Gasteiger partial charge in [-0.05, 0) is 31.0 Å². The predicted molar refractivity (Wildman–Crippen MR) is 42.9 cm³/mol. The second-order valence-corrected chi connectivity index (χ2v) is 2.67. The fraction of sp³-hybridized carbons (Fsp3) is 0.500. The zero-order valence-corrected chi connectivity index (χ0v) is 6.59. The molecule has 0 radical (unpaired) electrons. The van der Waals surface area contributed by atoms with Crippen LogP contribution in [0.4, 0.5) is 0 Å². The van der Waals surface area contributed by atoms with Crippen LogP contribution in [-0.2, 0) is 13.5 Å². The molecule has 1 rings (SSSR count). The van der Waals surface area contributed by atoms with E-state index in [1.165, 1.54) is 11.1 Å². The smallest absolute Gasteiger partial charge is 0.0106 e. The summed E-state index contributed by atoms with van der Waals surface area (Å²) >= 11 is 0. The minimum absolute atomic E-state index is 0.741. The fourth-order valence-corrected chi connectivity index (χ4v) is 1.19. The Kier molecular flexibility index (Phi) is 2.12. The molecule has 0 aromatic carbocycles. The summed E-state index contributed by atoms with van der Waals surface area (Å²) in [5.41, 5.74) is 8.14. The van der Waals surface area contributed by atoms with Gasteiger partial charge in [0.15, 0.2) is 0 Å². The van der Waals surface area contributed by atoms with Crippen molar-refractivity contribution in [2.24, 2.45) is 12.8 Å². The van der Waals surface area contributed by atoms with Crippen molar-refractivity contribution in [3.8, 4) is 0 Å². The molecule has 0 fully saturated rings. The minimum atomic E-state index is 0.741. The first kappa shape index (κ1) is 7.35. The van der Waals surface area contributed by atoms with E-state index in [4.69, 9.17) is 5.73 Å². The number of aromatic nitrogens is 1. The van der Waals surface area contributed by atoms with E-state index in [0.29, 0.717) is 0 Å². The number of rotatable bonds is 2. The summed E-state index contributed by atoms with van der Waals surface area (Å²) in [5, 5.41) is 0. The molecule has 1 aromatic rings. The van der Waals surface area contributed by atoms with Gasteiger partial charge in [-0.1, -0.05) is 0 Å². The molecule has 0 amide bonds. The first-order chi connectivity index (χ1) is 4.74. The maximum absolute atomic E-state index is 5.43. The van der Waals surface area contributed by atoms with Crippen LogP contribution in [0, 0.1) is 6.92 Å². The first-order valence-electron chi connectivity index (χ1n) is 3.55. The van der Waals surface area contributed by atoms with Crippen LogP contribution >= 0.6 is 0 Å². The molecule has 0 unspecified atom stereocenters. The standard InChI is InChI=1S/C8H14N2/c1-7-5-10(2)6-8(7)3-4-9/h5-6H,3-4,9H2,1-2H3. The molecule has 0 aliphatic rings. The molecular formula is C8H14N2. The van der Waals surface area contributed by atoms with Gasteiger partial charge in [0.1, 0.15) is 0 Å². The second kappa shape index (κ2) is 2.88. The van der Waals surface area contributed by atoms with E-state index >= 15 is 0 Å². The fourth-order valence-electron chi connectivity index (χ4n) is 1.19. The summed E-state index contributed by atoms with van der Waals surface area (Å²) in [5.74, 6) is 0. The molecule has 0 bridgehead atoms. The Labute approximate surface area is 61.7 Å². The summed E-state index contributed by atoms with van der Waals surface area (Å²) in [6, 6.07) is 0. The third-order valence-electron chi connectivity index (χ3n) is 1.68. The van der Waals surface area contributed by atoms with Crippen LogP contribution in [0.25, 0.3) is 0 Å². The first-order valence-corrected chi connectivity index (χ1v) is 3.55. The number of hydrogen-bond donors (Lipinski definition) is 1. The Bertz CT molecular complexity index is 213. The van der Waals surface area contributed by atoms with E-state index in [1.54, 1.807) is 0 Å². The van der Waals surface area contributed by atoms with Gasteiger partial charge in [-0.3, -0.25) is 0 Å². The van der Waals surface area contributed by atoms with Crippen LogP contribution in [0.5, 0.6) is 0 Å². The topological polar surface area (TPSA) is 30.9 Å². The van der Waals surface area contributed by atoms with E-state index < -0.39 is 0 Å². The largest absolute Gasteiger partial charge is 0.357 e. The Morgan fingerprint density at radius 2 is 2.20 bits per heavy atom. The number of hydrogen-bond acceptors (Lipinski definition) is 1. The monoisotopic (exact) mass is 138 g/mol. The quantitative estimate of drug-likeness (QED) is 0.645. The SMILES string of the molecule is Cc1cn(C)cc1CCN. The van der Waals surface area contributed by atoms with Crippen LogP contribution in [0.15, 0.2) is 12.4 Å². The van der Waals surface area contributed by atoms with Crippen molar-refractivity contribution in [3.05, 3.63) is 23.5 Å². The van der Waals surface area contributed by atoms with Crippen molar-refractivity contribution in [1.82, 2.24) is 4.57 Å². The number of nitrogens with zero attached hydrogens (tertiary/aromatic N) is 1. The van der Waals surface area contributed by atoms with E-state index in [0.717, 1.165) is 13.0 Å². The van der Waals surface area contributed by atoms with Crippen molar-refractivity contribution in [1.29, 1.82) is 0 Å². The third kappa shape index (κ3) is 1.39. The average molecular weight is 138 g/mol. The maximum atomic E-state index is 5.43. The summed E-state index contributed by atoms with van der Waals surface area (Å²) in [6.07, 6.45) is 5.24. The molecule has 0 aliphatic heterocycles. The van der Waals surface area contributed by atoms with Crippen LogP contribution in [0.1, 0.15) is 11.1 Å². The highest BCUT2D eigenvalue weighted by molar-refractivity contribution is 5.22. The highest BCUT2D eigenvalue weighted by Gasteiger charge is 1.97. The number of nitrogens with two attached hydrogens (primary N) is 1. The van der Waals surface area contributed by atoms with Crippen LogP contribution in [0.3, 0.4) is 0 Å². The molecular weight excluding hydrogens is 124 g/mol. The third-order valence-corrected chi connectivity index (χ3v) is 1.68. The van der Waals surface area contributed by atoms with E-state index in [2.05, 4.69) is 23.9 Å². The summed E-state index contributed by atoms with van der Waals surface area (Å²) in [4.78, 5) is 0. The number of aryl methyl sites for hydroxylation is 2. The van der Waals surface area contributed by atoms with Gasteiger partial charge in [0, 0.05) is 19.4 Å². The Balaban J connectivity index is 2.81. The Hall–Kier alpha value is -0.760. The van der Waals surface area contributed by atoms with Crippen molar-refractivity contribution >= 4 is 0 Å². The Morgan fingerprint density at radius 1 is 1.50 bits per heavy atom. The van der Waals surface area contributed by atoms with Crippen LogP contribution in [-0.4, -0.2) is 11.1 Å². The molecule has 0 aliphatic carbocycles. The molecule has 2 heteroatoms. The molecule has 0 saturated carbocycles. The zero-order valence-electron chi connectivity index (χ0n) is 6.59. The molecule has 10 heavy (non-hydrogen) atoms.